The second-order valence-electron chi connectivity index (χ2n) is 4.67. The van der Waals surface area contributed by atoms with E-state index in [2.05, 4.69) is 17.2 Å². The van der Waals surface area contributed by atoms with Gasteiger partial charge in [-0.15, -0.1) is 0 Å². The van der Waals surface area contributed by atoms with E-state index in [9.17, 15) is 9.59 Å². The second kappa shape index (κ2) is 6.61. The van der Waals surface area contributed by atoms with Gasteiger partial charge in [-0.3, -0.25) is 9.59 Å². The molecule has 0 radical (unpaired) electrons. The summed E-state index contributed by atoms with van der Waals surface area (Å²) >= 11 is 6.12. The summed E-state index contributed by atoms with van der Waals surface area (Å²) < 4.78 is 0. The van der Waals surface area contributed by atoms with Crippen molar-refractivity contribution in [3.63, 3.8) is 0 Å². The molecule has 1 fully saturated rings. The normalized spacial score (nSPS) is 17.8. The van der Waals surface area contributed by atoms with E-state index >= 15 is 0 Å². The van der Waals surface area contributed by atoms with Crippen LogP contribution in [-0.4, -0.2) is 42.4 Å². The van der Waals surface area contributed by atoms with Gasteiger partial charge in [0.25, 0.3) is 5.91 Å². The molecule has 2 amide bonds. The molecule has 1 aromatic rings. The van der Waals surface area contributed by atoms with E-state index in [0.717, 1.165) is 0 Å². The first-order valence-electron chi connectivity index (χ1n) is 6.61. The Morgan fingerprint density at radius 2 is 2.33 bits per heavy atom. The number of benzene rings is 1. The molecule has 1 saturated heterocycles. The van der Waals surface area contributed by atoms with Crippen molar-refractivity contribution in [3.8, 4) is 11.8 Å². The Morgan fingerprint density at radius 1 is 1.57 bits per heavy atom. The highest BCUT2D eigenvalue weighted by Gasteiger charge is 2.29. The minimum atomic E-state index is -0.485. The molecule has 0 aliphatic carbocycles. The molecule has 2 rings (SSSR count). The lowest BCUT2D eigenvalue weighted by Crippen LogP contribution is -2.55. The lowest BCUT2D eigenvalue weighted by Gasteiger charge is -2.32. The van der Waals surface area contributed by atoms with Crippen LogP contribution >= 0.6 is 11.6 Å². The molecule has 21 heavy (non-hydrogen) atoms. The summed E-state index contributed by atoms with van der Waals surface area (Å²) in [5.41, 5.74) is 6.39. The molecule has 1 atom stereocenters. The summed E-state index contributed by atoms with van der Waals surface area (Å²) in [7, 11) is 0. The van der Waals surface area contributed by atoms with E-state index in [4.69, 9.17) is 17.3 Å². The summed E-state index contributed by atoms with van der Waals surface area (Å²) in [5, 5.41) is 3.12. The smallest absolute Gasteiger partial charge is 0.254 e. The van der Waals surface area contributed by atoms with Crippen LogP contribution in [0.3, 0.4) is 0 Å². The van der Waals surface area contributed by atoms with Gasteiger partial charge in [0.05, 0.1) is 11.6 Å². The molecule has 1 aromatic carbocycles. The minimum absolute atomic E-state index is 0.147. The average Bonchev–Trinajstić information content (AvgIpc) is 2.48. The number of piperazine rings is 1. The third-order valence-corrected chi connectivity index (χ3v) is 3.61. The maximum Gasteiger partial charge on any atom is 0.254 e. The van der Waals surface area contributed by atoms with E-state index in [1.807, 2.05) is 0 Å². The first-order chi connectivity index (χ1) is 10.0. The number of hydrogen-bond acceptors (Lipinski definition) is 3. The van der Waals surface area contributed by atoms with Gasteiger partial charge in [0.1, 0.15) is 6.04 Å². The SMILES string of the molecule is CC1C(=O)NCCN1C(=O)c1ccc(C#CCN)c(Cl)c1. The Hall–Kier alpha value is -2.03. The molecule has 0 spiro atoms. The monoisotopic (exact) mass is 305 g/mol. The van der Waals surface area contributed by atoms with E-state index < -0.39 is 6.04 Å². The number of hydrogen-bond donors (Lipinski definition) is 2. The van der Waals surface area contributed by atoms with Crippen molar-refractivity contribution in [2.24, 2.45) is 5.73 Å². The van der Waals surface area contributed by atoms with Gasteiger partial charge in [-0.25, -0.2) is 0 Å². The van der Waals surface area contributed by atoms with Gasteiger partial charge in [-0.05, 0) is 25.1 Å². The molecule has 1 unspecified atom stereocenters. The first kappa shape index (κ1) is 15.4. The van der Waals surface area contributed by atoms with Crippen molar-refractivity contribution < 1.29 is 9.59 Å². The Kier molecular flexibility index (Phi) is 4.84. The van der Waals surface area contributed by atoms with Crippen LogP contribution in [0.5, 0.6) is 0 Å². The van der Waals surface area contributed by atoms with Gasteiger partial charge < -0.3 is 16.0 Å². The molecule has 3 N–H and O–H groups in total. The van der Waals surface area contributed by atoms with Crippen molar-refractivity contribution in [2.45, 2.75) is 13.0 Å². The summed E-state index contributed by atoms with van der Waals surface area (Å²) in [5.74, 6) is 5.20. The molecule has 1 aliphatic rings. The Morgan fingerprint density at radius 3 is 3.00 bits per heavy atom. The number of nitrogens with zero attached hydrogens (tertiary/aromatic N) is 1. The topological polar surface area (TPSA) is 75.4 Å². The highest BCUT2D eigenvalue weighted by Crippen LogP contribution is 2.19. The van der Waals surface area contributed by atoms with Crippen LogP contribution in [0, 0.1) is 11.8 Å². The third-order valence-electron chi connectivity index (χ3n) is 3.30. The third kappa shape index (κ3) is 3.35. The molecule has 0 bridgehead atoms. The maximum absolute atomic E-state index is 12.5. The minimum Gasteiger partial charge on any atom is -0.353 e. The van der Waals surface area contributed by atoms with Gasteiger partial charge in [0, 0.05) is 24.2 Å². The lowest BCUT2D eigenvalue weighted by atomic mass is 10.1. The number of halogens is 1. The zero-order valence-corrected chi connectivity index (χ0v) is 12.4. The quantitative estimate of drug-likeness (QED) is 0.747. The van der Waals surface area contributed by atoms with Crippen LogP contribution in [0.25, 0.3) is 0 Å². The average molecular weight is 306 g/mol. The number of carbonyl (C=O) groups is 2. The van der Waals surface area contributed by atoms with Crippen LogP contribution in [0.2, 0.25) is 5.02 Å². The van der Waals surface area contributed by atoms with E-state index in [0.29, 0.717) is 29.2 Å². The van der Waals surface area contributed by atoms with Crippen LogP contribution in [0.15, 0.2) is 18.2 Å². The molecule has 0 aromatic heterocycles. The van der Waals surface area contributed by atoms with Gasteiger partial charge in [-0.1, -0.05) is 23.4 Å². The van der Waals surface area contributed by atoms with Gasteiger partial charge in [0.2, 0.25) is 5.91 Å². The number of nitrogens with one attached hydrogen (secondary N) is 1. The fourth-order valence-corrected chi connectivity index (χ4v) is 2.35. The largest absolute Gasteiger partial charge is 0.353 e. The predicted octanol–water partition coefficient (Wildman–Crippen LogP) is 0.611. The van der Waals surface area contributed by atoms with E-state index in [1.165, 1.54) is 4.90 Å². The van der Waals surface area contributed by atoms with Crippen molar-refractivity contribution >= 4 is 23.4 Å². The standard InChI is InChI=1S/C15H16ClN3O2/c1-10-14(20)18-7-8-19(10)15(21)12-5-4-11(3-2-6-17)13(16)9-12/h4-5,9-10H,6-8,17H2,1H3,(H,18,20). The van der Waals surface area contributed by atoms with Crippen molar-refractivity contribution in [1.82, 2.24) is 10.2 Å². The van der Waals surface area contributed by atoms with Crippen LogP contribution in [0.4, 0.5) is 0 Å². The fraction of sp³-hybridized carbons (Fsp3) is 0.333. The fourth-order valence-electron chi connectivity index (χ4n) is 2.12. The van der Waals surface area contributed by atoms with Crippen LogP contribution < -0.4 is 11.1 Å². The molecule has 6 heteroatoms. The van der Waals surface area contributed by atoms with Crippen molar-refractivity contribution in [2.75, 3.05) is 19.6 Å². The van der Waals surface area contributed by atoms with E-state index in [1.54, 1.807) is 25.1 Å². The summed E-state index contributed by atoms with van der Waals surface area (Å²) in [6.07, 6.45) is 0. The van der Waals surface area contributed by atoms with Crippen molar-refractivity contribution in [3.05, 3.63) is 34.3 Å². The zero-order chi connectivity index (χ0) is 15.4. The molecular formula is C15H16ClN3O2. The zero-order valence-electron chi connectivity index (χ0n) is 11.6. The second-order valence-corrected chi connectivity index (χ2v) is 5.07. The Labute approximate surface area is 128 Å². The highest BCUT2D eigenvalue weighted by atomic mass is 35.5. The Bertz CT molecular complexity index is 634. The number of amides is 2. The summed E-state index contributed by atoms with van der Waals surface area (Å²) in [4.78, 5) is 25.6. The van der Waals surface area contributed by atoms with Crippen LogP contribution in [0.1, 0.15) is 22.8 Å². The van der Waals surface area contributed by atoms with Gasteiger partial charge in [-0.2, -0.15) is 0 Å². The molecule has 1 heterocycles. The summed E-state index contributed by atoms with van der Waals surface area (Å²) in [6.45, 7) is 2.90. The van der Waals surface area contributed by atoms with Crippen LogP contribution in [-0.2, 0) is 4.79 Å². The summed E-state index contributed by atoms with van der Waals surface area (Å²) in [6, 6.07) is 4.44. The highest BCUT2D eigenvalue weighted by molar-refractivity contribution is 6.32. The van der Waals surface area contributed by atoms with E-state index in [-0.39, 0.29) is 18.4 Å². The first-order valence-corrected chi connectivity index (χ1v) is 6.99. The molecule has 1 aliphatic heterocycles. The predicted molar refractivity (Wildman–Crippen MR) is 80.9 cm³/mol. The van der Waals surface area contributed by atoms with Crippen molar-refractivity contribution in [1.29, 1.82) is 0 Å². The Balaban J connectivity index is 2.23. The lowest BCUT2D eigenvalue weighted by molar-refractivity contribution is -0.127. The number of carbonyl (C=O) groups excluding carboxylic acids is 2. The van der Waals surface area contributed by atoms with Gasteiger partial charge in [0.15, 0.2) is 0 Å². The maximum atomic E-state index is 12.5. The number of rotatable bonds is 1. The molecule has 0 saturated carbocycles. The molecule has 5 nitrogen and oxygen atoms in total. The number of nitrogens with two attached hydrogens (primary N) is 1. The van der Waals surface area contributed by atoms with Gasteiger partial charge >= 0.3 is 0 Å². The molecular weight excluding hydrogens is 290 g/mol. The molecule has 110 valence electrons.